The van der Waals surface area contributed by atoms with Gasteiger partial charge in [0, 0.05) is 18.7 Å². The molecule has 1 radical (unpaired) electrons. The van der Waals surface area contributed by atoms with E-state index in [0.717, 1.165) is 18.4 Å². The van der Waals surface area contributed by atoms with Crippen molar-refractivity contribution in [3.63, 3.8) is 0 Å². The highest BCUT2D eigenvalue weighted by atomic mass is 14.9. The normalized spacial score (nSPS) is 32.2. The molecule has 0 aromatic heterocycles. The zero-order chi connectivity index (χ0) is 7.52. The van der Waals surface area contributed by atoms with Crippen LogP contribution in [0.5, 0.6) is 0 Å². The Bertz CT molecular complexity index is 145. The van der Waals surface area contributed by atoms with Gasteiger partial charge < -0.3 is 0 Å². The molecule has 1 heteroatoms. The fraction of sp³-hybridized carbons (Fsp3) is 0.800. The van der Waals surface area contributed by atoms with Gasteiger partial charge in [0.25, 0.3) is 0 Å². The van der Waals surface area contributed by atoms with E-state index in [-0.39, 0.29) is 0 Å². The fourth-order valence-corrected chi connectivity index (χ4v) is 2.28. The van der Waals surface area contributed by atoms with E-state index in [4.69, 9.17) is 0 Å². The minimum absolute atomic E-state index is 0.801. The van der Waals surface area contributed by atoms with Gasteiger partial charge in [-0.3, -0.25) is 5.32 Å². The minimum atomic E-state index is 0.801. The Morgan fingerprint density at radius 3 is 2.55 bits per heavy atom. The molecule has 1 aliphatic carbocycles. The van der Waals surface area contributed by atoms with Gasteiger partial charge in [-0.05, 0) is 18.8 Å². The van der Waals surface area contributed by atoms with Gasteiger partial charge >= 0.3 is 0 Å². The van der Waals surface area contributed by atoms with Gasteiger partial charge in [0.1, 0.15) is 0 Å². The van der Waals surface area contributed by atoms with Crippen molar-refractivity contribution in [3.05, 3.63) is 12.3 Å². The predicted molar refractivity (Wildman–Crippen MR) is 46.2 cm³/mol. The van der Waals surface area contributed by atoms with E-state index >= 15 is 0 Å². The standard InChI is InChI=1S/C10H16N/c1-2-4-9(5-3-1)10-6-7-11-8-10/h6-7,9-10H,1-5,8H2. The summed E-state index contributed by atoms with van der Waals surface area (Å²) in [7, 11) is 0. The van der Waals surface area contributed by atoms with Gasteiger partial charge in [0.15, 0.2) is 0 Å². The summed E-state index contributed by atoms with van der Waals surface area (Å²) in [5, 5.41) is 4.26. The van der Waals surface area contributed by atoms with Crippen molar-refractivity contribution in [1.29, 1.82) is 0 Å². The number of hydrogen-bond acceptors (Lipinski definition) is 0. The first kappa shape index (κ1) is 7.20. The molecule has 1 atom stereocenters. The lowest BCUT2D eigenvalue weighted by molar-refractivity contribution is 0.291. The summed E-state index contributed by atoms with van der Waals surface area (Å²) in [6.45, 7) is 1.07. The zero-order valence-corrected chi connectivity index (χ0v) is 7.00. The second-order valence-electron chi connectivity index (χ2n) is 3.77. The molecule has 1 fully saturated rings. The van der Waals surface area contributed by atoms with E-state index in [1.807, 2.05) is 6.20 Å². The Kier molecular flexibility index (Phi) is 2.16. The Balaban J connectivity index is 1.87. The molecule has 0 spiro atoms. The van der Waals surface area contributed by atoms with Gasteiger partial charge in [-0.1, -0.05) is 25.3 Å². The van der Waals surface area contributed by atoms with Crippen LogP contribution in [0.25, 0.3) is 0 Å². The molecule has 11 heavy (non-hydrogen) atoms. The molecule has 0 bridgehead atoms. The van der Waals surface area contributed by atoms with Crippen LogP contribution < -0.4 is 5.32 Å². The Morgan fingerprint density at radius 1 is 1.09 bits per heavy atom. The highest BCUT2D eigenvalue weighted by molar-refractivity contribution is 4.98. The SMILES string of the molecule is C1=CC(C2CCCCC2)C[N]1. The molecule has 0 N–H and O–H groups in total. The quantitative estimate of drug-likeness (QED) is 0.544. The van der Waals surface area contributed by atoms with Crippen LogP contribution in [0.1, 0.15) is 32.1 Å². The molecule has 1 saturated carbocycles. The lowest BCUT2D eigenvalue weighted by Crippen LogP contribution is -2.18. The third-order valence-corrected chi connectivity index (χ3v) is 3.01. The lowest BCUT2D eigenvalue weighted by Gasteiger charge is -2.25. The van der Waals surface area contributed by atoms with Crippen molar-refractivity contribution < 1.29 is 0 Å². The molecule has 1 unspecified atom stereocenters. The second kappa shape index (κ2) is 3.29. The number of nitrogens with zero attached hydrogens (tertiary/aromatic N) is 1. The monoisotopic (exact) mass is 150 g/mol. The van der Waals surface area contributed by atoms with Crippen LogP contribution in [0.15, 0.2) is 12.3 Å². The highest BCUT2D eigenvalue weighted by Crippen LogP contribution is 2.31. The van der Waals surface area contributed by atoms with E-state index in [2.05, 4.69) is 11.4 Å². The average molecular weight is 150 g/mol. The van der Waals surface area contributed by atoms with Crippen LogP contribution in [-0.4, -0.2) is 6.54 Å². The summed E-state index contributed by atoms with van der Waals surface area (Å²) >= 11 is 0. The molecule has 0 amide bonds. The summed E-state index contributed by atoms with van der Waals surface area (Å²) < 4.78 is 0. The van der Waals surface area contributed by atoms with E-state index in [1.54, 1.807) is 0 Å². The Morgan fingerprint density at radius 2 is 1.91 bits per heavy atom. The molecule has 1 aliphatic heterocycles. The molecule has 1 nitrogen and oxygen atoms in total. The van der Waals surface area contributed by atoms with Gasteiger partial charge in [0.2, 0.25) is 0 Å². The van der Waals surface area contributed by atoms with Crippen molar-refractivity contribution in [3.8, 4) is 0 Å². The Labute approximate surface area is 68.9 Å². The average Bonchev–Trinajstić information content (AvgIpc) is 2.58. The van der Waals surface area contributed by atoms with Crippen molar-refractivity contribution in [2.24, 2.45) is 11.8 Å². The van der Waals surface area contributed by atoms with Crippen LogP contribution in [0, 0.1) is 11.8 Å². The van der Waals surface area contributed by atoms with Crippen molar-refractivity contribution >= 4 is 0 Å². The predicted octanol–water partition coefficient (Wildman–Crippen LogP) is 2.31. The van der Waals surface area contributed by atoms with Gasteiger partial charge in [-0.15, -0.1) is 0 Å². The van der Waals surface area contributed by atoms with E-state index < -0.39 is 0 Å². The van der Waals surface area contributed by atoms with Crippen molar-refractivity contribution in [2.45, 2.75) is 32.1 Å². The molecule has 2 aliphatic rings. The first-order valence-corrected chi connectivity index (χ1v) is 4.80. The highest BCUT2D eigenvalue weighted by Gasteiger charge is 2.23. The molecule has 0 saturated heterocycles. The first-order valence-electron chi connectivity index (χ1n) is 4.80. The number of rotatable bonds is 1. The third-order valence-electron chi connectivity index (χ3n) is 3.01. The summed E-state index contributed by atoms with van der Waals surface area (Å²) in [5.74, 6) is 1.77. The largest absolute Gasteiger partial charge is 0.293 e. The van der Waals surface area contributed by atoms with Crippen LogP contribution in [0.2, 0.25) is 0 Å². The van der Waals surface area contributed by atoms with Gasteiger partial charge in [-0.2, -0.15) is 0 Å². The van der Waals surface area contributed by atoms with E-state index in [9.17, 15) is 0 Å². The maximum Gasteiger partial charge on any atom is 0.0455 e. The third kappa shape index (κ3) is 1.58. The second-order valence-corrected chi connectivity index (χ2v) is 3.77. The van der Waals surface area contributed by atoms with Crippen molar-refractivity contribution in [2.75, 3.05) is 6.54 Å². The fourth-order valence-electron chi connectivity index (χ4n) is 2.28. The molecule has 0 aromatic carbocycles. The molecular formula is C10H16N. The molecule has 61 valence electrons. The molecule has 0 aromatic rings. The first-order chi connectivity index (χ1) is 5.47. The molecule has 1 heterocycles. The topological polar surface area (TPSA) is 14.1 Å². The van der Waals surface area contributed by atoms with Crippen LogP contribution >= 0.6 is 0 Å². The smallest absolute Gasteiger partial charge is 0.0455 e. The molecule has 2 rings (SSSR count). The van der Waals surface area contributed by atoms with E-state index in [1.165, 1.54) is 32.1 Å². The van der Waals surface area contributed by atoms with Crippen LogP contribution in [-0.2, 0) is 0 Å². The maximum atomic E-state index is 4.26. The maximum absolute atomic E-state index is 4.26. The summed E-state index contributed by atoms with van der Waals surface area (Å²) in [5.41, 5.74) is 0. The molecular weight excluding hydrogens is 134 g/mol. The summed E-state index contributed by atoms with van der Waals surface area (Å²) in [6.07, 6.45) is 11.6. The zero-order valence-electron chi connectivity index (χ0n) is 7.00. The van der Waals surface area contributed by atoms with Crippen LogP contribution in [0.4, 0.5) is 0 Å². The minimum Gasteiger partial charge on any atom is -0.293 e. The number of hydrogen-bond donors (Lipinski definition) is 0. The van der Waals surface area contributed by atoms with Gasteiger partial charge in [-0.25, -0.2) is 0 Å². The van der Waals surface area contributed by atoms with Gasteiger partial charge in [0.05, 0.1) is 0 Å². The van der Waals surface area contributed by atoms with E-state index in [0.29, 0.717) is 0 Å². The lowest BCUT2D eigenvalue weighted by atomic mass is 9.80. The summed E-state index contributed by atoms with van der Waals surface area (Å²) in [4.78, 5) is 0. The summed E-state index contributed by atoms with van der Waals surface area (Å²) in [6, 6.07) is 0. The van der Waals surface area contributed by atoms with Crippen LogP contribution in [0.3, 0.4) is 0 Å². The van der Waals surface area contributed by atoms with Crippen molar-refractivity contribution in [1.82, 2.24) is 5.32 Å². The Hall–Kier alpha value is -0.460.